The molecule has 0 aliphatic rings. The van der Waals surface area contributed by atoms with Gasteiger partial charge in [0.2, 0.25) is 5.78 Å². The minimum absolute atomic E-state index is 0.189. The molecular formula is C19H26N2O4. The maximum Gasteiger partial charge on any atom is 0.355 e. The fourth-order valence-corrected chi connectivity index (χ4v) is 2.90. The highest BCUT2D eigenvalue weighted by molar-refractivity contribution is 6.00. The van der Waals surface area contributed by atoms with E-state index in [9.17, 15) is 9.59 Å². The topological polar surface area (TPSA) is 62.5 Å². The molecule has 25 heavy (non-hydrogen) atoms. The zero-order valence-electron chi connectivity index (χ0n) is 15.6. The average molecular weight is 346 g/mol. The fraction of sp³-hybridized carbons (Fsp3) is 0.474. The first-order chi connectivity index (χ1) is 11.9. The van der Waals surface area contributed by atoms with E-state index in [1.165, 1.54) is 0 Å². The van der Waals surface area contributed by atoms with Crippen LogP contribution in [0.1, 0.15) is 44.3 Å². The van der Waals surface area contributed by atoms with Crippen LogP contribution in [0.25, 0.3) is 0 Å². The molecular weight excluding hydrogens is 320 g/mol. The van der Waals surface area contributed by atoms with Crippen molar-refractivity contribution in [2.45, 2.75) is 33.7 Å². The van der Waals surface area contributed by atoms with E-state index in [1.807, 2.05) is 32.9 Å². The molecule has 0 bridgehead atoms. The van der Waals surface area contributed by atoms with Gasteiger partial charge in [-0.2, -0.15) is 0 Å². The molecule has 0 aromatic carbocycles. The molecule has 0 saturated heterocycles. The van der Waals surface area contributed by atoms with Crippen molar-refractivity contribution in [3.8, 4) is 0 Å². The number of methoxy groups -OCH3 is 1. The maximum absolute atomic E-state index is 12.5. The minimum Gasteiger partial charge on any atom is -0.453 e. The zero-order chi connectivity index (χ0) is 18.6. The number of ketones is 1. The van der Waals surface area contributed by atoms with Crippen LogP contribution in [0.15, 0.2) is 18.2 Å². The lowest BCUT2D eigenvalue weighted by Gasteiger charge is -2.09. The van der Waals surface area contributed by atoms with Crippen LogP contribution in [-0.2, 0) is 23.1 Å². The van der Waals surface area contributed by atoms with E-state index in [0.717, 1.165) is 30.0 Å². The number of aromatic nitrogens is 2. The summed E-state index contributed by atoms with van der Waals surface area (Å²) in [6.45, 7) is 6.99. The molecule has 6 heteroatoms. The average Bonchev–Trinajstić information content (AvgIpc) is 3.06. The number of rotatable bonds is 8. The van der Waals surface area contributed by atoms with Gasteiger partial charge in [-0.15, -0.1) is 0 Å². The molecule has 136 valence electrons. The van der Waals surface area contributed by atoms with Crippen molar-refractivity contribution in [3.63, 3.8) is 0 Å². The van der Waals surface area contributed by atoms with E-state index >= 15 is 0 Å². The van der Waals surface area contributed by atoms with Crippen molar-refractivity contribution >= 4 is 11.8 Å². The predicted molar refractivity (Wildman–Crippen MR) is 95.2 cm³/mol. The Balaban J connectivity index is 2.02. The van der Waals surface area contributed by atoms with Gasteiger partial charge in [-0.05, 0) is 45.4 Å². The van der Waals surface area contributed by atoms with E-state index < -0.39 is 5.97 Å². The third-order valence-electron chi connectivity index (χ3n) is 4.52. The second-order valence-electron chi connectivity index (χ2n) is 6.20. The maximum atomic E-state index is 12.5. The van der Waals surface area contributed by atoms with E-state index in [1.54, 1.807) is 24.8 Å². The van der Waals surface area contributed by atoms with Gasteiger partial charge in [0.05, 0.1) is 0 Å². The van der Waals surface area contributed by atoms with Gasteiger partial charge in [0.1, 0.15) is 5.69 Å². The number of ether oxygens (including phenoxy) is 2. The van der Waals surface area contributed by atoms with Crippen LogP contribution < -0.4 is 0 Å². The number of carbonyl (C=O) groups excluding carboxylic acids is 2. The van der Waals surface area contributed by atoms with Crippen LogP contribution in [0, 0.1) is 20.8 Å². The first kappa shape index (κ1) is 19.0. The van der Waals surface area contributed by atoms with Crippen molar-refractivity contribution in [2.24, 2.45) is 7.05 Å². The lowest BCUT2D eigenvalue weighted by molar-refractivity contribution is 0.0465. The highest BCUT2D eigenvalue weighted by Gasteiger charge is 2.19. The summed E-state index contributed by atoms with van der Waals surface area (Å²) in [6.07, 6.45) is 0.877. The molecule has 0 atom stereocenters. The van der Waals surface area contributed by atoms with Crippen LogP contribution in [0.5, 0.6) is 0 Å². The Morgan fingerprint density at radius 1 is 1.12 bits per heavy atom. The molecule has 2 heterocycles. The van der Waals surface area contributed by atoms with Crippen molar-refractivity contribution in [3.05, 3.63) is 46.5 Å². The summed E-state index contributed by atoms with van der Waals surface area (Å²) in [5.41, 5.74) is 3.91. The summed E-state index contributed by atoms with van der Waals surface area (Å²) < 4.78 is 14.1. The summed E-state index contributed by atoms with van der Waals surface area (Å²) in [5, 5.41) is 0. The predicted octanol–water partition coefficient (Wildman–Crippen LogP) is 2.83. The Bertz CT molecular complexity index is 771. The second kappa shape index (κ2) is 8.16. The lowest BCUT2D eigenvalue weighted by atomic mass is 10.1. The second-order valence-corrected chi connectivity index (χ2v) is 6.20. The van der Waals surface area contributed by atoms with E-state index in [0.29, 0.717) is 17.9 Å². The summed E-state index contributed by atoms with van der Waals surface area (Å²) >= 11 is 0. The highest BCUT2D eigenvalue weighted by Crippen LogP contribution is 2.17. The Kier molecular flexibility index (Phi) is 6.20. The van der Waals surface area contributed by atoms with Crippen LogP contribution in [-0.4, -0.2) is 41.2 Å². The van der Waals surface area contributed by atoms with Crippen LogP contribution in [0.4, 0.5) is 0 Å². The number of Topliss-reactive ketones (excluding diaryl/α,β-unsaturated/α-hetero) is 1. The van der Waals surface area contributed by atoms with Crippen molar-refractivity contribution in [1.29, 1.82) is 0 Å². The minimum atomic E-state index is -0.488. The quantitative estimate of drug-likeness (QED) is 0.419. The normalized spacial score (nSPS) is 10.9. The van der Waals surface area contributed by atoms with Crippen molar-refractivity contribution in [1.82, 2.24) is 9.13 Å². The number of carbonyl (C=O) groups is 2. The molecule has 0 radical (unpaired) electrons. The standard InChI is InChI=1S/C19H26N2O4/c1-13-7-8-17(20(13)4)19(23)25-12-18(22)16-11-14(2)21(15(16)3)9-6-10-24-5/h7-8,11H,6,9-10,12H2,1-5H3. The largest absolute Gasteiger partial charge is 0.453 e. The SMILES string of the molecule is COCCCn1c(C)cc(C(=O)COC(=O)c2ccc(C)n2C)c1C. The van der Waals surface area contributed by atoms with Gasteiger partial charge in [0.15, 0.2) is 6.61 Å². The summed E-state index contributed by atoms with van der Waals surface area (Å²) in [4.78, 5) is 24.6. The van der Waals surface area contributed by atoms with Crippen LogP contribution in [0.2, 0.25) is 0 Å². The molecule has 2 aromatic rings. The first-order valence-corrected chi connectivity index (χ1v) is 8.35. The molecule has 0 fully saturated rings. The molecule has 0 amide bonds. The molecule has 0 aliphatic carbocycles. The number of hydrogen-bond acceptors (Lipinski definition) is 4. The Labute approximate surface area is 148 Å². The number of aryl methyl sites for hydroxylation is 2. The Hall–Kier alpha value is -2.34. The van der Waals surface area contributed by atoms with Gasteiger partial charge in [0.25, 0.3) is 0 Å². The van der Waals surface area contributed by atoms with Crippen LogP contribution in [0.3, 0.4) is 0 Å². The number of hydrogen-bond donors (Lipinski definition) is 0. The third-order valence-corrected chi connectivity index (χ3v) is 4.52. The highest BCUT2D eigenvalue weighted by atomic mass is 16.5. The molecule has 0 N–H and O–H groups in total. The third kappa shape index (κ3) is 4.20. The Morgan fingerprint density at radius 3 is 2.44 bits per heavy atom. The number of esters is 1. The zero-order valence-corrected chi connectivity index (χ0v) is 15.6. The van der Waals surface area contributed by atoms with Gasteiger partial charge in [-0.1, -0.05) is 0 Å². The number of nitrogens with zero attached hydrogens (tertiary/aromatic N) is 2. The summed E-state index contributed by atoms with van der Waals surface area (Å²) in [5.74, 6) is -0.678. The molecule has 2 aromatic heterocycles. The van der Waals surface area contributed by atoms with Gasteiger partial charge < -0.3 is 18.6 Å². The molecule has 0 spiro atoms. The van der Waals surface area contributed by atoms with E-state index in [2.05, 4.69) is 4.57 Å². The van der Waals surface area contributed by atoms with Crippen LogP contribution >= 0.6 is 0 Å². The fourth-order valence-electron chi connectivity index (χ4n) is 2.90. The van der Waals surface area contributed by atoms with E-state index in [4.69, 9.17) is 9.47 Å². The van der Waals surface area contributed by atoms with Gasteiger partial charge in [0, 0.05) is 50.0 Å². The Morgan fingerprint density at radius 2 is 1.84 bits per heavy atom. The summed E-state index contributed by atoms with van der Waals surface area (Å²) in [6, 6.07) is 5.39. The smallest absolute Gasteiger partial charge is 0.355 e. The van der Waals surface area contributed by atoms with Gasteiger partial charge >= 0.3 is 5.97 Å². The van der Waals surface area contributed by atoms with Crippen molar-refractivity contribution in [2.75, 3.05) is 20.3 Å². The molecule has 0 unspecified atom stereocenters. The lowest BCUT2D eigenvalue weighted by Crippen LogP contribution is -2.17. The van der Waals surface area contributed by atoms with Gasteiger partial charge in [-0.3, -0.25) is 4.79 Å². The van der Waals surface area contributed by atoms with Gasteiger partial charge in [-0.25, -0.2) is 4.79 Å². The summed E-state index contributed by atoms with van der Waals surface area (Å²) in [7, 11) is 3.47. The molecule has 6 nitrogen and oxygen atoms in total. The molecule has 2 rings (SSSR count). The van der Waals surface area contributed by atoms with E-state index in [-0.39, 0.29) is 12.4 Å². The first-order valence-electron chi connectivity index (χ1n) is 8.35. The molecule has 0 saturated carbocycles. The monoisotopic (exact) mass is 346 g/mol. The van der Waals surface area contributed by atoms with Crippen molar-refractivity contribution < 1.29 is 19.1 Å². The molecule has 0 aliphatic heterocycles.